The van der Waals surface area contributed by atoms with Gasteiger partial charge in [-0.2, -0.15) is 49.7 Å². The largest absolute Gasteiger partial charge is 3.00 e. The molecule has 15 nitrogen and oxygen atoms in total. The number of halogens is 7. The summed E-state index contributed by atoms with van der Waals surface area (Å²) in [6.07, 6.45) is 13.2. The van der Waals surface area contributed by atoms with Crippen LogP contribution in [0.15, 0.2) is 232 Å². The molecule has 104 heavy (non-hydrogen) atoms. The van der Waals surface area contributed by atoms with Crippen molar-refractivity contribution in [2.24, 2.45) is 0 Å². The van der Waals surface area contributed by atoms with Crippen LogP contribution in [0.4, 0.5) is 59.2 Å². The minimum Gasteiger partial charge on any atom is -0.574 e. The minimum absolute atomic E-state index is 0. The van der Waals surface area contributed by atoms with Crippen molar-refractivity contribution >= 4 is 34.4 Å². The summed E-state index contributed by atoms with van der Waals surface area (Å²) in [6.45, 7) is 12.5. The summed E-state index contributed by atoms with van der Waals surface area (Å²) in [5.74, 6) is -6.15. The van der Waals surface area contributed by atoms with Crippen molar-refractivity contribution in [2.45, 2.75) is 44.1 Å². The number of pyridine rings is 6. The average molecular weight is 2300 g/mol. The van der Waals surface area contributed by atoms with Crippen molar-refractivity contribution in [3.8, 4) is 45.2 Å². The van der Waals surface area contributed by atoms with E-state index in [1.54, 1.807) is 85.3 Å². The van der Waals surface area contributed by atoms with Gasteiger partial charge in [-0.25, -0.2) is 18.6 Å². The van der Waals surface area contributed by atoms with Gasteiger partial charge in [0.15, 0.2) is 5.69 Å². The van der Waals surface area contributed by atoms with E-state index >= 15 is 0 Å². The normalized spacial score (nSPS) is 10.3. The third-order valence-electron chi connectivity index (χ3n) is 12.6. The molecule has 14 rings (SSSR count). The first kappa shape index (κ1) is 99.0. The molecule has 4 radical (unpaired) electrons. The number of fused-ring (bicyclic) bond motifs is 1. The smallest absolute Gasteiger partial charge is 0.574 e. The van der Waals surface area contributed by atoms with Crippen LogP contribution in [0, 0.1) is 98.1 Å². The van der Waals surface area contributed by atoms with Crippen LogP contribution in [-0.2, 0) is 101 Å². The molecular formula is C77H70F7Ir5N13O2-5. The fourth-order valence-corrected chi connectivity index (χ4v) is 8.18. The van der Waals surface area contributed by atoms with Gasteiger partial charge in [-0.05, 0) is 105 Å². The number of rotatable bonds is 7. The predicted octanol–water partition coefficient (Wildman–Crippen LogP) is 18.9. The maximum absolute atomic E-state index is 13.8. The topological polar surface area (TPSA) is 159 Å². The van der Waals surface area contributed by atoms with Crippen LogP contribution in [0.2, 0.25) is 0 Å². The van der Waals surface area contributed by atoms with Gasteiger partial charge in [0.2, 0.25) is 0 Å². The molecule has 0 aliphatic carbocycles. The second kappa shape index (κ2) is 51.1. The Bertz CT molecular complexity index is 4360. The monoisotopic (exact) mass is 2310 g/mol. The molecule has 0 spiro atoms. The number of para-hydroxylation sites is 3. The quantitative estimate of drug-likeness (QED) is 0.0912. The molecule has 9 heterocycles. The number of aromatic nitrogens is 8. The van der Waals surface area contributed by atoms with Crippen molar-refractivity contribution in [3.05, 3.63) is 339 Å². The third-order valence-corrected chi connectivity index (χ3v) is 12.6. The zero-order valence-electron chi connectivity index (χ0n) is 51.6. The molecule has 2 aliphatic rings. The first-order valence-electron chi connectivity index (χ1n) is 27.8. The Labute approximate surface area is 671 Å². The van der Waals surface area contributed by atoms with E-state index in [4.69, 9.17) is 11.7 Å². The summed E-state index contributed by atoms with van der Waals surface area (Å²) in [7, 11) is 3.99. The van der Waals surface area contributed by atoms with Crippen molar-refractivity contribution < 1.29 is 141 Å². The molecule has 0 amide bonds. The van der Waals surface area contributed by atoms with Crippen LogP contribution in [0.25, 0.3) is 50.0 Å². The van der Waals surface area contributed by atoms with E-state index in [1.807, 2.05) is 85.3 Å². The minimum atomic E-state index is -0.990. The predicted molar refractivity (Wildman–Crippen MR) is 375 cm³/mol. The average Bonchev–Trinajstić information content (AvgIpc) is 1.61. The van der Waals surface area contributed by atoms with Crippen LogP contribution in [0.5, 0.6) is 0 Å². The number of hydrogen-bond donors (Lipinski definition) is 1. The van der Waals surface area contributed by atoms with Gasteiger partial charge in [0.1, 0.15) is 17.6 Å². The maximum atomic E-state index is 13.8. The SMILES string of the molecule is C.C.C.C.C.CN1C=CN(c2[c-]cc(F)cc2)[CH-]1.CN1[CH-]N(c2[c-]cccc2)c2ccccc21.Fc1c[c-]c(-c2ccccn2)c(F)c1.Fc1c[c-]c(-c2ccccn2)c(F)n1.O=C(O)c1ccccn1.[C-]#[N+]c1c(F)c[c-]c(-c2cc(C)ccn2)c1F.[Ir+3].[Ir].[Ir].[Ir].[Ir].c1ccc(-c2ccn[n-]2)nc1. The fraction of sp³-hybridized carbons (Fsp3) is 0.104. The standard InChI is InChI=1S/C14H12N2.C13H7F2N2.C11H6F2N.C10H5F2N2.C10H9FN2.C8H6N3.C6H5NO2.5CH4.5Ir/c1-15-11-16(12-7-3-2-4-8-12)14-10-6-5-9-13(14)15;1-8-5-6-17-11(7-8)9-3-4-10(14)13(16-2)12(9)15;12-8-4-5-9(10(13)7-8)11-3-1-2-6-14-11;11-9-5-4-7(10(12)14-9)8-3-1-2-6-13-8;1-12-6-7-13(8-12)10-4-2-9(11)3-5-10;1-2-5-9-7(3-1)8-4-6-10-11-8;8-6(9)5-3-1-2-4-7-5;;;;;;;;;;/h2-7,9-11H,1H3;4-7H,1H3;1-4,6-7H;1-3,5-6H;2-4,6-8H,1H3;1-6H;1-4H,(H,8,9);5*1H4;;;;;/q-2;3*-1;-2;-1;;;;;;;;;;;+3. The van der Waals surface area contributed by atoms with Crippen molar-refractivity contribution in [1.29, 1.82) is 0 Å². The van der Waals surface area contributed by atoms with Gasteiger partial charge >= 0.3 is 26.1 Å². The number of carboxylic acid groups (broad SMARTS) is 1. The molecule has 2 aliphatic heterocycles. The number of aryl methyl sites for hydroxylation is 1. The fourth-order valence-electron chi connectivity index (χ4n) is 8.18. The first-order valence-corrected chi connectivity index (χ1v) is 27.8. The van der Waals surface area contributed by atoms with Crippen LogP contribution in [-0.4, -0.2) is 65.1 Å². The zero-order valence-corrected chi connectivity index (χ0v) is 63.6. The molecule has 0 saturated carbocycles. The van der Waals surface area contributed by atoms with Gasteiger partial charge < -0.3 is 49.9 Å². The molecular weight excluding hydrogens is 2230 g/mol. The number of anilines is 4. The van der Waals surface area contributed by atoms with Gasteiger partial charge in [0, 0.05) is 164 Å². The molecule has 27 heteroatoms. The molecule has 0 bridgehead atoms. The van der Waals surface area contributed by atoms with Crippen LogP contribution >= 0.6 is 0 Å². The number of carboxylic acids is 1. The van der Waals surface area contributed by atoms with Crippen molar-refractivity contribution in [1.82, 2.24) is 45.0 Å². The number of nitrogens with zero attached hydrogens (tertiary/aromatic N) is 13. The van der Waals surface area contributed by atoms with Crippen molar-refractivity contribution in [3.63, 3.8) is 0 Å². The van der Waals surface area contributed by atoms with Gasteiger partial charge in [0.05, 0.1) is 6.57 Å². The first-order chi connectivity index (χ1) is 45.6. The molecule has 554 valence electrons. The van der Waals surface area contributed by atoms with Gasteiger partial charge in [0.25, 0.3) is 0 Å². The van der Waals surface area contributed by atoms with Gasteiger partial charge in [-0.3, -0.25) is 36.8 Å². The molecule has 0 fully saturated rings. The Balaban J connectivity index is -0.00000113. The second-order valence-electron chi connectivity index (χ2n) is 19.2. The van der Waals surface area contributed by atoms with E-state index in [0.29, 0.717) is 17.1 Å². The summed E-state index contributed by atoms with van der Waals surface area (Å²) in [5, 5.41) is 15.9. The summed E-state index contributed by atoms with van der Waals surface area (Å²) in [6, 6.07) is 64.0. The van der Waals surface area contributed by atoms with E-state index in [-0.39, 0.29) is 166 Å². The Kier molecular flexibility index (Phi) is 48.7. The van der Waals surface area contributed by atoms with Gasteiger partial charge in [-0.15, -0.1) is 65.5 Å². The second-order valence-corrected chi connectivity index (χ2v) is 19.2. The summed E-state index contributed by atoms with van der Waals surface area (Å²) in [4.78, 5) is 43.6. The molecule has 12 aromatic rings. The molecule has 0 atom stereocenters. The zero-order chi connectivity index (χ0) is 66.8. The Morgan fingerprint density at radius 1 is 0.529 bits per heavy atom. The van der Waals surface area contributed by atoms with E-state index < -0.39 is 46.8 Å². The molecule has 0 saturated heterocycles. The Morgan fingerprint density at radius 2 is 1.10 bits per heavy atom. The third kappa shape index (κ3) is 29.5. The molecule has 1 N–H and O–H groups in total. The maximum Gasteiger partial charge on any atom is 3.00 e. The van der Waals surface area contributed by atoms with Crippen LogP contribution in [0.1, 0.15) is 53.2 Å². The summed E-state index contributed by atoms with van der Waals surface area (Å²) in [5.41, 5.74) is 7.83. The van der Waals surface area contributed by atoms with Gasteiger partial charge in [-0.1, -0.05) is 132 Å². The van der Waals surface area contributed by atoms with E-state index in [0.717, 1.165) is 52.6 Å². The number of aromatic carboxylic acids is 1. The number of hydrogen-bond acceptors (Lipinski definition) is 12. The van der Waals surface area contributed by atoms with E-state index in [9.17, 15) is 35.5 Å². The van der Waals surface area contributed by atoms with Crippen LogP contribution < -0.4 is 19.8 Å². The van der Waals surface area contributed by atoms with E-state index in [2.05, 4.69) is 129 Å². The van der Waals surface area contributed by atoms with Crippen molar-refractivity contribution in [2.75, 3.05) is 28.8 Å². The Morgan fingerprint density at radius 3 is 1.60 bits per heavy atom. The molecule has 7 aromatic heterocycles. The Hall–Kier alpha value is -9.13. The summed E-state index contributed by atoms with van der Waals surface area (Å²) < 4.78 is 90.9. The van der Waals surface area contributed by atoms with E-state index in [1.165, 1.54) is 48.2 Å². The molecule has 5 aromatic carbocycles. The summed E-state index contributed by atoms with van der Waals surface area (Å²) >= 11 is 0. The number of benzene rings is 5. The number of carbonyl (C=O) groups is 1. The molecule has 0 unspecified atom stereocenters. The van der Waals surface area contributed by atoms with Crippen LogP contribution in [0.3, 0.4) is 0 Å².